The molecule has 2 aromatic heterocycles. The molecule has 2 atom stereocenters. The molecule has 0 amide bonds. The van der Waals surface area contributed by atoms with E-state index in [0.29, 0.717) is 0 Å². The van der Waals surface area contributed by atoms with E-state index in [0.717, 1.165) is 52.5 Å². The number of hydrogen-bond acceptors (Lipinski definition) is 5. The average Bonchev–Trinajstić information content (AvgIpc) is 3.19. The second kappa shape index (κ2) is 8.04. The molecule has 0 bridgehead atoms. The maximum atomic E-state index is 5.96. The number of anilines is 1. The van der Waals surface area contributed by atoms with Crippen LogP contribution in [0.1, 0.15) is 13.8 Å². The number of benzene rings is 2. The fraction of sp³-hybridized carbons (Fsp3) is 0.280. The Hall–Kier alpha value is -3.38. The Bertz CT molecular complexity index is 1180. The van der Waals surface area contributed by atoms with Crippen LogP contribution in [0.3, 0.4) is 0 Å². The van der Waals surface area contributed by atoms with E-state index in [4.69, 9.17) is 19.4 Å². The summed E-state index contributed by atoms with van der Waals surface area (Å²) >= 11 is 0. The lowest BCUT2D eigenvalue weighted by Crippen LogP contribution is -2.46. The van der Waals surface area contributed by atoms with Crippen molar-refractivity contribution in [2.45, 2.75) is 26.1 Å². The highest BCUT2D eigenvalue weighted by Crippen LogP contribution is 2.37. The number of nitrogens with zero attached hydrogens (tertiary/aromatic N) is 4. The highest BCUT2D eigenvalue weighted by atomic mass is 16.5. The number of rotatable bonds is 4. The molecule has 1 aliphatic heterocycles. The van der Waals surface area contributed by atoms with Crippen LogP contribution in [-0.2, 0) is 4.74 Å². The second-order valence-corrected chi connectivity index (χ2v) is 8.04. The average molecular weight is 415 g/mol. The van der Waals surface area contributed by atoms with Crippen molar-refractivity contribution in [3.05, 3.63) is 67.1 Å². The van der Waals surface area contributed by atoms with Crippen molar-refractivity contribution in [2.75, 3.05) is 25.1 Å². The van der Waals surface area contributed by atoms with E-state index in [9.17, 15) is 0 Å². The summed E-state index contributed by atoms with van der Waals surface area (Å²) in [7, 11) is 1.68. The van der Waals surface area contributed by atoms with E-state index in [1.165, 1.54) is 0 Å². The van der Waals surface area contributed by atoms with Gasteiger partial charge in [0, 0.05) is 30.5 Å². The first-order valence-corrected chi connectivity index (χ1v) is 10.6. The molecule has 1 aliphatic rings. The fourth-order valence-electron chi connectivity index (χ4n) is 4.41. The SMILES string of the molecule is COc1ccc(-n2cc(-c3ccccc3)c3c(N4C[C@@H](C)O[C@H](C)C4)ncnc32)cc1. The number of morpholine rings is 1. The summed E-state index contributed by atoms with van der Waals surface area (Å²) in [4.78, 5) is 11.8. The molecule has 31 heavy (non-hydrogen) atoms. The van der Waals surface area contributed by atoms with Crippen molar-refractivity contribution in [1.29, 1.82) is 0 Å². The Labute approximate surface area is 182 Å². The molecule has 0 radical (unpaired) electrons. The first kappa shape index (κ1) is 19.6. The molecule has 0 spiro atoms. The molecule has 6 nitrogen and oxygen atoms in total. The predicted octanol–water partition coefficient (Wildman–Crippen LogP) is 4.71. The lowest BCUT2D eigenvalue weighted by Gasteiger charge is -2.36. The Kier molecular flexibility index (Phi) is 5.08. The summed E-state index contributed by atoms with van der Waals surface area (Å²) in [5.41, 5.74) is 4.18. The molecular formula is C25H26N4O2. The van der Waals surface area contributed by atoms with Crippen LogP contribution in [-0.4, -0.2) is 46.9 Å². The molecule has 0 saturated carbocycles. The molecular weight excluding hydrogens is 388 g/mol. The summed E-state index contributed by atoms with van der Waals surface area (Å²) in [6, 6.07) is 18.5. The van der Waals surface area contributed by atoms with Crippen molar-refractivity contribution in [3.63, 3.8) is 0 Å². The molecule has 0 aliphatic carbocycles. The van der Waals surface area contributed by atoms with Crippen molar-refractivity contribution in [3.8, 4) is 22.6 Å². The molecule has 0 N–H and O–H groups in total. The quantitative estimate of drug-likeness (QED) is 0.484. The highest BCUT2D eigenvalue weighted by Gasteiger charge is 2.27. The van der Waals surface area contributed by atoms with E-state index >= 15 is 0 Å². The van der Waals surface area contributed by atoms with E-state index in [1.807, 2.05) is 30.3 Å². The van der Waals surface area contributed by atoms with Crippen LogP contribution in [0.2, 0.25) is 0 Å². The molecule has 2 aromatic carbocycles. The summed E-state index contributed by atoms with van der Waals surface area (Å²) < 4.78 is 13.4. The number of aromatic nitrogens is 3. The van der Waals surface area contributed by atoms with Gasteiger partial charge in [-0.25, -0.2) is 9.97 Å². The first-order valence-electron chi connectivity index (χ1n) is 10.6. The molecule has 0 unspecified atom stereocenters. The van der Waals surface area contributed by atoms with Gasteiger partial charge in [-0.05, 0) is 43.7 Å². The van der Waals surface area contributed by atoms with Gasteiger partial charge in [0.2, 0.25) is 0 Å². The molecule has 4 aromatic rings. The van der Waals surface area contributed by atoms with Gasteiger partial charge < -0.3 is 18.9 Å². The second-order valence-electron chi connectivity index (χ2n) is 8.04. The van der Waals surface area contributed by atoms with Gasteiger partial charge in [-0.15, -0.1) is 0 Å². The van der Waals surface area contributed by atoms with Gasteiger partial charge in [-0.3, -0.25) is 0 Å². The summed E-state index contributed by atoms with van der Waals surface area (Å²) in [5, 5.41) is 1.06. The van der Waals surface area contributed by atoms with E-state index in [2.05, 4.69) is 53.8 Å². The zero-order valence-corrected chi connectivity index (χ0v) is 18.0. The van der Waals surface area contributed by atoms with E-state index in [1.54, 1.807) is 13.4 Å². The van der Waals surface area contributed by atoms with Gasteiger partial charge in [0.1, 0.15) is 17.9 Å². The molecule has 5 rings (SSSR count). The molecule has 1 saturated heterocycles. The van der Waals surface area contributed by atoms with Crippen molar-refractivity contribution < 1.29 is 9.47 Å². The van der Waals surface area contributed by atoms with Gasteiger partial charge in [0.25, 0.3) is 0 Å². The van der Waals surface area contributed by atoms with E-state index in [-0.39, 0.29) is 12.2 Å². The maximum Gasteiger partial charge on any atom is 0.150 e. The molecule has 6 heteroatoms. The van der Waals surface area contributed by atoms with Crippen LogP contribution in [0, 0.1) is 0 Å². The van der Waals surface area contributed by atoms with Crippen molar-refractivity contribution in [1.82, 2.24) is 14.5 Å². The number of hydrogen-bond donors (Lipinski definition) is 0. The highest BCUT2D eigenvalue weighted by molar-refractivity contribution is 6.02. The summed E-state index contributed by atoms with van der Waals surface area (Å²) in [6.45, 7) is 5.83. The Morgan fingerprint density at radius 3 is 2.32 bits per heavy atom. The zero-order chi connectivity index (χ0) is 21.4. The Morgan fingerprint density at radius 2 is 1.65 bits per heavy atom. The normalized spacial score (nSPS) is 19.0. The largest absolute Gasteiger partial charge is 0.497 e. The van der Waals surface area contributed by atoms with Crippen molar-refractivity contribution in [2.24, 2.45) is 0 Å². The van der Waals surface area contributed by atoms with Crippen LogP contribution >= 0.6 is 0 Å². The van der Waals surface area contributed by atoms with Crippen LogP contribution in [0.4, 0.5) is 5.82 Å². The third-order valence-corrected chi connectivity index (χ3v) is 5.72. The smallest absolute Gasteiger partial charge is 0.150 e. The predicted molar refractivity (Wildman–Crippen MR) is 123 cm³/mol. The van der Waals surface area contributed by atoms with Gasteiger partial charge in [0.15, 0.2) is 5.65 Å². The lowest BCUT2D eigenvalue weighted by atomic mass is 10.1. The van der Waals surface area contributed by atoms with Gasteiger partial charge in [0.05, 0.1) is 24.7 Å². The van der Waals surface area contributed by atoms with Gasteiger partial charge in [-0.2, -0.15) is 0 Å². The minimum atomic E-state index is 0.151. The minimum Gasteiger partial charge on any atom is -0.497 e. The third kappa shape index (κ3) is 3.64. The van der Waals surface area contributed by atoms with E-state index < -0.39 is 0 Å². The molecule has 3 heterocycles. The van der Waals surface area contributed by atoms with Gasteiger partial charge >= 0.3 is 0 Å². The van der Waals surface area contributed by atoms with Gasteiger partial charge in [-0.1, -0.05) is 30.3 Å². The minimum absolute atomic E-state index is 0.151. The number of methoxy groups -OCH3 is 1. The lowest BCUT2D eigenvalue weighted by molar-refractivity contribution is -0.00537. The Morgan fingerprint density at radius 1 is 0.935 bits per heavy atom. The molecule has 1 fully saturated rings. The zero-order valence-electron chi connectivity index (χ0n) is 18.0. The van der Waals surface area contributed by atoms with Crippen LogP contribution in [0.5, 0.6) is 5.75 Å². The first-order chi connectivity index (χ1) is 15.1. The monoisotopic (exact) mass is 414 g/mol. The molecule has 158 valence electrons. The number of ether oxygens (including phenoxy) is 2. The third-order valence-electron chi connectivity index (χ3n) is 5.72. The van der Waals surface area contributed by atoms with Crippen LogP contribution in [0.15, 0.2) is 67.1 Å². The summed E-state index contributed by atoms with van der Waals surface area (Å²) in [6.07, 6.45) is 4.13. The topological polar surface area (TPSA) is 52.4 Å². The van der Waals surface area contributed by atoms with Crippen molar-refractivity contribution >= 4 is 16.9 Å². The fourth-order valence-corrected chi connectivity index (χ4v) is 4.41. The van der Waals surface area contributed by atoms with Crippen LogP contribution < -0.4 is 9.64 Å². The maximum absolute atomic E-state index is 5.96. The Balaban J connectivity index is 1.73. The standard InChI is InChI=1S/C25H26N4O2/c1-17-13-28(14-18(2)31-17)24-23-22(19-7-5-4-6-8-19)15-29(25(23)27-16-26-24)20-9-11-21(30-3)12-10-20/h4-12,15-18H,13-14H2,1-3H3/t17-,18-/m1/s1. The number of fused-ring (bicyclic) bond motifs is 1. The summed E-state index contributed by atoms with van der Waals surface area (Å²) in [5.74, 6) is 1.79. The van der Waals surface area contributed by atoms with Crippen LogP contribution in [0.25, 0.3) is 27.8 Å².